The standard InChI is InChI=1S/C21H27F2N5/c1-24-21(27-15-17-12-18(22)7-8-19(17)23)26-14-16-6-9-20(25-13-16)28-10-4-2-3-5-11-28/h6-9,12-13H,2-5,10-11,14-15H2,1H3,(H2,24,26,27). The topological polar surface area (TPSA) is 52.6 Å². The molecule has 28 heavy (non-hydrogen) atoms. The molecule has 1 aromatic heterocycles. The van der Waals surface area contributed by atoms with Crippen molar-refractivity contribution in [2.24, 2.45) is 4.99 Å². The van der Waals surface area contributed by atoms with Gasteiger partial charge in [-0.15, -0.1) is 0 Å². The number of anilines is 1. The van der Waals surface area contributed by atoms with Crippen molar-refractivity contribution in [3.05, 3.63) is 59.3 Å². The minimum Gasteiger partial charge on any atom is -0.357 e. The Hall–Kier alpha value is -2.70. The van der Waals surface area contributed by atoms with Crippen molar-refractivity contribution in [1.82, 2.24) is 15.6 Å². The van der Waals surface area contributed by atoms with Crippen LogP contribution in [0.4, 0.5) is 14.6 Å². The maximum Gasteiger partial charge on any atom is 0.191 e. The van der Waals surface area contributed by atoms with Gasteiger partial charge in [-0.2, -0.15) is 0 Å². The second kappa shape index (κ2) is 10.0. The lowest BCUT2D eigenvalue weighted by atomic mass is 10.2. The molecule has 2 heterocycles. The predicted octanol–water partition coefficient (Wildman–Crippen LogP) is 3.61. The number of pyridine rings is 1. The molecule has 1 fully saturated rings. The number of hydrogen-bond donors (Lipinski definition) is 2. The van der Waals surface area contributed by atoms with Gasteiger partial charge in [-0.05, 0) is 42.7 Å². The Morgan fingerprint density at radius 1 is 1.04 bits per heavy atom. The molecule has 0 unspecified atom stereocenters. The molecule has 0 bridgehead atoms. The molecule has 0 radical (unpaired) electrons. The van der Waals surface area contributed by atoms with E-state index in [-0.39, 0.29) is 12.1 Å². The Balaban J connectivity index is 1.51. The third-order valence-electron chi connectivity index (χ3n) is 4.88. The summed E-state index contributed by atoms with van der Waals surface area (Å²) in [6.07, 6.45) is 6.90. The molecular formula is C21H27F2N5. The smallest absolute Gasteiger partial charge is 0.191 e. The van der Waals surface area contributed by atoms with Gasteiger partial charge in [0.1, 0.15) is 17.5 Å². The van der Waals surface area contributed by atoms with E-state index in [1.165, 1.54) is 31.7 Å². The van der Waals surface area contributed by atoms with Gasteiger partial charge in [0.15, 0.2) is 5.96 Å². The van der Waals surface area contributed by atoms with Crippen LogP contribution in [0.2, 0.25) is 0 Å². The van der Waals surface area contributed by atoms with Crippen molar-refractivity contribution in [2.45, 2.75) is 38.8 Å². The summed E-state index contributed by atoms with van der Waals surface area (Å²) in [4.78, 5) is 11.1. The van der Waals surface area contributed by atoms with E-state index in [0.717, 1.165) is 36.6 Å². The van der Waals surface area contributed by atoms with Gasteiger partial charge in [0, 0.05) is 45.0 Å². The van der Waals surface area contributed by atoms with Crippen molar-refractivity contribution >= 4 is 11.8 Å². The highest BCUT2D eigenvalue weighted by Crippen LogP contribution is 2.17. The number of nitrogens with zero attached hydrogens (tertiary/aromatic N) is 3. The monoisotopic (exact) mass is 387 g/mol. The number of rotatable bonds is 5. The molecule has 2 N–H and O–H groups in total. The maximum atomic E-state index is 13.7. The number of benzene rings is 1. The first-order valence-electron chi connectivity index (χ1n) is 9.74. The number of guanidine groups is 1. The summed E-state index contributed by atoms with van der Waals surface area (Å²) in [6.45, 7) is 2.82. The highest BCUT2D eigenvalue weighted by molar-refractivity contribution is 5.79. The predicted molar refractivity (Wildman–Crippen MR) is 108 cm³/mol. The van der Waals surface area contributed by atoms with Gasteiger partial charge in [-0.3, -0.25) is 4.99 Å². The SMILES string of the molecule is CN=C(NCc1ccc(N2CCCCCC2)nc1)NCc1cc(F)ccc1F. The number of hydrogen-bond acceptors (Lipinski definition) is 3. The van der Waals surface area contributed by atoms with E-state index >= 15 is 0 Å². The third-order valence-corrected chi connectivity index (χ3v) is 4.88. The molecule has 150 valence electrons. The van der Waals surface area contributed by atoms with E-state index in [1.807, 2.05) is 6.20 Å². The van der Waals surface area contributed by atoms with Crippen LogP contribution in [-0.2, 0) is 13.1 Å². The highest BCUT2D eigenvalue weighted by Gasteiger charge is 2.11. The van der Waals surface area contributed by atoms with Gasteiger partial charge in [-0.1, -0.05) is 18.9 Å². The summed E-state index contributed by atoms with van der Waals surface area (Å²) in [5, 5.41) is 6.17. The minimum absolute atomic E-state index is 0.148. The first kappa shape index (κ1) is 20.0. The summed E-state index contributed by atoms with van der Waals surface area (Å²) in [5.74, 6) is 0.629. The lowest BCUT2D eigenvalue weighted by Crippen LogP contribution is -2.36. The molecule has 5 nitrogen and oxygen atoms in total. The van der Waals surface area contributed by atoms with Crippen LogP contribution in [0.1, 0.15) is 36.8 Å². The van der Waals surface area contributed by atoms with Crippen LogP contribution in [-0.4, -0.2) is 31.1 Å². The van der Waals surface area contributed by atoms with E-state index < -0.39 is 11.6 Å². The molecule has 7 heteroatoms. The molecule has 3 rings (SSSR count). The summed E-state index contributed by atoms with van der Waals surface area (Å²) in [7, 11) is 1.64. The van der Waals surface area contributed by atoms with Gasteiger partial charge in [0.25, 0.3) is 0 Å². The van der Waals surface area contributed by atoms with E-state index in [2.05, 4.69) is 37.6 Å². The fourth-order valence-corrected chi connectivity index (χ4v) is 3.27. The zero-order chi connectivity index (χ0) is 19.8. The maximum absolute atomic E-state index is 13.7. The first-order valence-corrected chi connectivity index (χ1v) is 9.74. The molecule has 0 saturated carbocycles. The minimum atomic E-state index is -0.461. The quantitative estimate of drug-likeness (QED) is 0.608. The van der Waals surface area contributed by atoms with Crippen molar-refractivity contribution < 1.29 is 8.78 Å². The van der Waals surface area contributed by atoms with Gasteiger partial charge >= 0.3 is 0 Å². The van der Waals surface area contributed by atoms with Crippen LogP contribution in [0, 0.1) is 11.6 Å². The second-order valence-corrected chi connectivity index (χ2v) is 6.94. The lowest BCUT2D eigenvalue weighted by molar-refractivity contribution is 0.581. The largest absolute Gasteiger partial charge is 0.357 e. The van der Waals surface area contributed by atoms with E-state index in [4.69, 9.17) is 0 Å². The van der Waals surface area contributed by atoms with Crippen molar-refractivity contribution in [3.8, 4) is 0 Å². The van der Waals surface area contributed by atoms with Crippen LogP contribution in [0.5, 0.6) is 0 Å². The molecule has 0 aliphatic carbocycles. The molecule has 1 aliphatic heterocycles. The molecule has 0 atom stereocenters. The molecule has 0 spiro atoms. The molecule has 2 aromatic rings. The third kappa shape index (κ3) is 5.65. The van der Waals surface area contributed by atoms with Crippen LogP contribution in [0.15, 0.2) is 41.5 Å². The highest BCUT2D eigenvalue weighted by atomic mass is 19.1. The Bertz CT molecular complexity index is 784. The number of nitrogens with one attached hydrogen (secondary N) is 2. The zero-order valence-electron chi connectivity index (χ0n) is 16.2. The zero-order valence-corrected chi connectivity index (χ0v) is 16.2. The summed E-state index contributed by atoms with van der Waals surface area (Å²) in [5.41, 5.74) is 1.28. The summed E-state index contributed by atoms with van der Waals surface area (Å²) < 4.78 is 27.0. The number of halogens is 2. The first-order chi connectivity index (χ1) is 13.7. The molecule has 1 saturated heterocycles. The van der Waals surface area contributed by atoms with E-state index in [0.29, 0.717) is 12.5 Å². The van der Waals surface area contributed by atoms with Crippen LogP contribution in [0.25, 0.3) is 0 Å². The molecule has 1 aromatic carbocycles. The molecule has 0 amide bonds. The van der Waals surface area contributed by atoms with Crippen molar-refractivity contribution in [3.63, 3.8) is 0 Å². The lowest BCUT2D eigenvalue weighted by Gasteiger charge is -2.21. The van der Waals surface area contributed by atoms with Gasteiger partial charge in [0.2, 0.25) is 0 Å². The Labute approximate surface area is 164 Å². The average Bonchev–Trinajstić information content (AvgIpc) is 3.00. The summed E-state index contributed by atoms with van der Waals surface area (Å²) >= 11 is 0. The Morgan fingerprint density at radius 3 is 2.46 bits per heavy atom. The van der Waals surface area contributed by atoms with Gasteiger partial charge in [0.05, 0.1) is 0 Å². The molecule has 1 aliphatic rings. The second-order valence-electron chi connectivity index (χ2n) is 6.94. The van der Waals surface area contributed by atoms with Gasteiger partial charge < -0.3 is 15.5 Å². The van der Waals surface area contributed by atoms with Crippen molar-refractivity contribution in [2.75, 3.05) is 25.0 Å². The van der Waals surface area contributed by atoms with E-state index in [9.17, 15) is 8.78 Å². The number of aliphatic imine (C=N–C) groups is 1. The molecular weight excluding hydrogens is 360 g/mol. The fraction of sp³-hybridized carbons (Fsp3) is 0.429. The fourth-order valence-electron chi connectivity index (χ4n) is 3.27. The van der Waals surface area contributed by atoms with Crippen LogP contribution >= 0.6 is 0 Å². The van der Waals surface area contributed by atoms with Crippen molar-refractivity contribution in [1.29, 1.82) is 0 Å². The van der Waals surface area contributed by atoms with Gasteiger partial charge in [-0.25, -0.2) is 13.8 Å². The Kier molecular flexibility index (Phi) is 7.17. The van der Waals surface area contributed by atoms with E-state index in [1.54, 1.807) is 7.05 Å². The summed E-state index contributed by atoms with van der Waals surface area (Å²) in [6, 6.07) is 7.52. The normalized spacial score (nSPS) is 15.2. The average molecular weight is 387 g/mol. The number of aromatic nitrogens is 1. The van der Waals surface area contributed by atoms with Crippen LogP contribution < -0.4 is 15.5 Å². The van der Waals surface area contributed by atoms with Crippen LogP contribution in [0.3, 0.4) is 0 Å². The Morgan fingerprint density at radius 2 is 1.79 bits per heavy atom.